The minimum absolute atomic E-state index is 0.0336. The summed E-state index contributed by atoms with van der Waals surface area (Å²) >= 11 is 1.28. The predicted molar refractivity (Wildman–Crippen MR) is 136 cm³/mol. The van der Waals surface area contributed by atoms with Gasteiger partial charge < -0.3 is 25.4 Å². The molecule has 0 aliphatic carbocycles. The molecule has 200 valence electrons. The largest absolute Gasteiger partial charge is 0.394 e. The fourth-order valence-electron chi connectivity index (χ4n) is 4.78. The van der Waals surface area contributed by atoms with Gasteiger partial charge in [0, 0.05) is 29.2 Å². The maximum absolute atomic E-state index is 13.1. The van der Waals surface area contributed by atoms with E-state index in [4.69, 9.17) is 4.74 Å². The molecule has 3 heterocycles. The van der Waals surface area contributed by atoms with Crippen molar-refractivity contribution in [2.75, 3.05) is 12.4 Å². The Morgan fingerprint density at radius 1 is 1.11 bits per heavy atom. The molecular weight excluding hydrogens is 514 g/mol. The molecule has 3 amide bonds. The van der Waals surface area contributed by atoms with E-state index in [2.05, 4.69) is 15.6 Å². The number of ether oxygens (including phenoxy) is 1. The third-order valence-electron chi connectivity index (χ3n) is 6.62. The summed E-state index contributed by atoms with van der Waals surface area (Å²) in [6.07, 6.45) is -1.99. The van der Waals surface area contributed by atoms with Gasteiger partial charge in [-0.05, 0) is 17.5 Å². The fourth-order valence-corrected chi connectivity index (χ4v) is 5.96. The van der Waals surface area contributed by atoms with Crippen molar-refractivity contribution in [1.82, 2.24) is 25.2 Å². The van der Waals surface area contributed by atoms with Gasteiger partial charge in [0.25, 0.3) is 11.8 Å². The first-order valence-corrected chi connectivity index (χ1v) is 13.1. The summed E-state index contributed by atoms with van der Waals surface area (Å²) in [4.78, 5) is 39.0. The van der Waals surface area contributed by atoms with Gasteiger partial charge >= 0.3 is 0 Å². The van der Waals surface area contributed by atoms with E-state index in [1.807, 2.05) is 12.1 Å². The molecule has 5 rings (SSSR count). The summed E-state index contributed by atoms with van der Waals surface area (Å²) in [5.74, 6) is -0.731. The van der Waals surface area contributed by atoms with Crippen LogP contribution in [0.2, 0.25) is 0 Å². The highest BCUT2D eigenvalue weighted by atomic mass is 32.2. The van der Waals surface area contributed by atoms with Crippen LogP contribution < -0.4 is 5.32 Å². The number of thioether (sulfide) groups is 1. The molecule has 0 radical (unpaired) electrons. The number of rotatable bonds is 8. The Bertz CT molecular complexity index is 1330. The van der Waals surface area contributed by atoms with Crippen molar-refractivity contribution in [1.29, 1.82) is 0 Å². The topological polar surface area (TPSA) is 167 Å². The van der Waals surface area contributed by atoms with Crippen LogP contribution >= 0.6 is 11.8 Å². The molecule has 0 unspecified atom stereocenters. The van der Waals surface area contributed by atoms with Crippen molar-refractivity contribution in [2.45, 2.75) is 49.8 Å². The minimum Gasteiger partial charge on any atom is -0.394 e. The van der Waals surface area contributed by atoms with Crippen LogP contribution in [0.5, 0.6) is 0 Å². The molecule has 0 saturated carbocycles. The first kappa shape index (κ1) is 26.3. The molecule has 2 aromatic carbocycles. The Morgan fingerprint density at radius 3 is 2.42 bits per heavy atom. The third-order valence-corrected chi connectivity index (χ3v) is 7.77. The second-order valence-corrected chi connectivity index (χ2v) is 10.4. The van der Waals surface area contributed by atoms with Gasteiger partial charge in [0.05, 0.1) is 31.9 Å². The summed E-state index contributed by atoms with van der Waals surface area (Å²) in [7, 11) is 0. The Kier molecular flexibility index (Phi) is 7.45. The molecule has 1 fully saturated rings. The van der Waals surface area contributed by atoms with Crippen LogP contribution in [-0.2, 0) is 22.6 Å². The lowest BCUT2D eigenvalue weighted by Gasteiger charge is -2.42. The standard InChI is InChI=1S/C25H27N5O7S/c1-13(32)26-20-22(34)21(33)18(12-31)37-25(20)38-9-8-29-10-15(27-28-29)11-30-23(35)16-6-2-4-14-5-3-7-17(19(14)16)24(30)36/h2-7,10,18,20-22,25,31,33-34H,8-9,11-12H2,1H3,(H,26,32)/t18-,20-,21-,22-,25+/m1/s1. The number of hydrogen-bond donors (Lipinski definition) is 4. The minimum atomic E-state index is -1.34. The van der Waals surface area contributed by atoms with Gasteiger partial charge in [0.15, 0.2) is 0 Å². The SMILES string of the molecule is CC(=O)N[C@@H]1[C@@H](O)[C@H](O)[C@@H](CO)O[C@H]1SCCn1cc(CN2C(=O)c3cccc4cccc(c34)C2=O)nn1. The number of aliphatic hydroxyl groups excluding tert-OH is 3. The first-order valence-electron chi connectivity index (χ1n) is 12.1. The zero-order chi connectivity index (χ0) is 27.0. The number of carbonyl (C=O) groups excluding carboxylic acids is 3. The number of hydrogen-bond acceptors (Lipinski definition) is 10. The molecule has 4 N–H and O–H groups in total. The normalized spacial score (nSPS) is 25.2. The van der Waals surface area contributed by atoms with Gasteiger partial charge in [-0.2, -0.15) is 0 Å². The van der Waals surface area contributed by atoms with Crippen molar-refractivity contribution in [3.05, 3.63) is 59.4 Å². The van der Waals surface area contributed by atoms with Crippen LogP contribution in [-0.4, -0.2) is 95.1 Å². The van der Waals surface area contributed by atoms with Crippen LogP contribution in [0.4, 0.5) is 0 Å². The van der Waals surface area contributed by atoms with Crippen molar-refractivity contribution in [3.8, 4) is 0 Å². The number of nitrogens with zero attached hydrogens (tertiary/aromatic N) is 4. The van der Waals surface area contributed by atoms with E-state index in [0.29, 0.717) is 34.5 Å². The summed E-state index contributed by atoms with van der Waals surface area (Å²) in [6.45, 7) is 1.15. The highest BCUT2D eigenvalue weighted by Gasteiger charge is 2.44. The van der Waals surface area contributed by atoms with Crippen LogP contribution in [0.3, 0.4) is 0 Å². The molecule has 0 bridgehead atoms. The van der Waals surface area contributed by atoms with Crippen LogP contribution in [0.25, 0.3) is 10.8 Å². The Morgan fingerprint density at radius 2 is 1.79 bits per heavy atom. The van der Waals surface area contributed by atoms with Gasteiger partial charge in [-0.15, -0.1) is 16.9 Å². The summed E-state index contributed by atoms with van der Waals surface area (Å²) in [5.41, 5.74) is 0.656. The van der Waals surface area contributed by atoms with Gasteiger partial charge in [-0.3, -0.25) is 24.0 Å². The first-order chi connectivity index (χ1) is 18.3. The highest BCUT2D eigenvalue weighted by Crippen LogP contribution is 2.31. The van der Waals surface area contributed by atoms with Crippen LogP contribution in [0, 0.1) is 0 Å². The fraction of sp³-hybridized carbons (Fsp3) is 0.400. The number of carbonyl (C=O) groups is 3. The second-order valence-electron chi connectivity index (χ2n) is 9.18. The van der Waals surface area contributed by atoms with Crippen molar-refractivity contribution < 1.29 is 34.4 Å². The quantitative estimate of drug-likeness (QED) is 0.283. The molecule has 2 aliphatic rings. The lowest BCUT2D eigenvalue weighted by atomic mass is 9.94. The van der Waals surface area contributed by atoms with E-state index < -0.39 is 36.4 Å². The number of aliphatic hydroxyl groups is 3. The summed E-state index contributed by atoms with van der Waals surface area (Å²) < 4.78 is 7.27. The van der Waals surface area contributed by atoms with Crippen LogP contribution in [0.1, 0.15) is 33.3 Å². The van der Waals surface area contributed by atoms with Crippen molar-refractivity contribution in [2.24, 2.45) is 0 Å². The van der Waals surface area contributed by atoms with E-state index in [1.54, 1.807) is 35.1 Å². The number of nitrogens with one attached hydrogen (secondary N) is 1. The number of benzene rings is 2. The molecule has 1 saturated heterocycles. The van der Waals surface area contributed by atoms with Gasteiger partial charge in [0.1, 0.15) is 29.4 Å². The second kappa shape index (κ2) is 10.8. The van der Waals surface area contributed by atoms with Crippen LogP contribution in [0.15, 0.2) is 42.6 Å². The zero-order valence-corrected chi connectivity index (χ0v) is 21.2. The number of aromatic nitrogens is 3. The predicted octanol–water partition coefficient (Wildman–Crippen LogP) is -0.0956. The lowest BCUT2D eigenvalue weighted by Crippen LogP contribution is -2.63. The van der Waals surface area contributed by atoms with E-state index in [0.717, 1.165) is 10.3 Å². The summed E-state index contributed by atoms with van der Waals surface area (Å²) in [5, 5.41) is 42.3. The molecule has 38 heavy (non-hydrogen) atoms. The monoisotopic (exact) mass is 541 g/mol. The molecule has 0 spiro atoms. The smallest absolute Gasteiger partial charge is 0.261 e. The Labute approximate surface area is 221 Å². The lowest BCUT2D eigenvalue weighted by molar-refractivity contribution is -0.173. The van der Waals surface area contributed by atoms with E-state index in [1.165, 1.54) is 18.7 Å². The zero-order valence-electron chi connectivity index (χ0n) is 20.4. The van der Waals surface area contributed by atoms with Crippen molar-refractivity contribution in [3.63, 3.8) is 0 Å². The number of imide groups is 1. The molecule has 2 aliphatic heterocycles. The molecule has 13 heteroatoms. The number of amides is 3. The summed E-state index contributed by atoms with van der Waals surface area (Å²) in [6, 6.07) is 9.86. The van der Waals surface area contributed by atoms with Gasteiger partial charge in [-0.25, -0.2) is 0 Å². The average Bonchev–Trinajstić information content (AvgIpc) is 3.36. The van der Waals surface area contributed by atoms with Crippen molar-refractivity contribution >= 4 is 40.3 Å². The maximum Gasteiger partial charge on any atom is 0.261 e. The van der Waals surface area contributed by atoms with E-state index in [9.17, 15) is 29.7 Å². The van der Waals surface area contributed by atoms with E-state index in [-0.39, 0.29) is 24.3 Å². The number of aryl methyl sites for hydroxylation is 1. The molecule has 1 aromatic heterocycles. The molecule has 5 atom stereocenters. The Hall–Kier alpha value is -3.36. The van der Waals surface area contributed by atoms with Gasteiger partial charge in [0.2, 0.25) is 5.91 Å². The van der Waals surface area contributed by atoms with E-state index >= 15 is 0 Å². The van der Waals surface area contributed by atoms with Gasteiger partial charge in [-0.1, -0.05) is 29.5 Å². The third kappa shape index (κ3) is 4.90. The highest BCUT2D eigenvalue weighted by molar-refractivity contribution is 7.99. The maximum atomic E-state index is 13.1. The molecular formula is C25H27N5O7S. The Balaban J connectivity index is 1.23. The average molecular weight is 542 g/mol. The molecule has 12 nitrogen and oxygen atoms in total. The molecule has 3 aromatic rings.